The Morgan fingerprint density at radius 1 is 1.19 bits per heavy atom. The third kappa shape index (κ3) is 4.47. The molecule has 36 heavy (non-hydrogen) atoms. The summed E-state index contributed by atoms with van der Waals surface area (Å²) in [5.41, 5.74) is -1.45. The molecule has 2 unspecified atom stereocenters. The number of rotatable bonds is 6. The van der Waals surface area contributed by atoms with Crippen molar-refractivity contribution in [3.8, 4) is 6.07 Å². The number of alkyl halides is 3. The standard InChI is InChI=1S/C22H19F4N9O/c1-4-15(18-29-9-13(23)10-30-18)34(3)21-31-19-17(20(36)32-21)14(7-27)33-35(19)11(2)12-5-6-16(28-8-12)22(24,25)26/h5-6,8-11,15H,4H2,1-3H3,(H,31,32,36). The van der Waals surface area contributed by atoms with Gasteiger partial charge < -0.3 is 4.90 Å². The van der Waals surface area contributed by atoms with Crippen LogP contribution in [0.3, 0.4) is 0 Å². The number of hydrogen-bond acceptors (Lipinski definition) is 8. The average molecular weight is 501 g/mol. The summed E-state index contributed by atoms with van der Waals surface area (Å²) in [6.45, 7) is 3.48. The lowest BCUT2D eigenvalue weighted by Crippen LogP contribution is -2.29. The summed E-state index contributed by atoms with van der Waals surface area (Å²) in [4.78, 5) is 33.2. The van der Waals surface area contributed by atoms with Crippen molar-refractivity contribution in [1.29, 1.82) is 5.26 Å². The number of aromatic amines is 1. The minimum absolute atomic E-state index is 0.0550. The van der Waals surface area contributed by atoms with Gasteiger partial charge in [-0.3, -0.25) is 14.8 Å². The molecule has 4 aromatic rings. The third-order valence-electron chi connectivity index (χ3n) is 5.71. The summed E-state index contributed by atoms with van der Waals surface area (Å²) in [5, 5.41) is 13.7. The number of nitrogens with zero attached hydrogens (tertiary/aromatic N) is 8. The van der Waals surface area contributed by atoms with E-state index >= 15 is 0 Å². The third-order valence-corrected chi connectivity index (χ3v) is 5.71. The lowest BCUT2D eigenvalue weighted by atomic mass is 10.1. The maximum atomic E-state index is 13.3. The smallest absolute Gasteiger partial charge is 0.335 e. The van der Waals surface area contributed by atoms with Crippen LogP contribution in [0, 0.1) is 17.1 Å². The quantitative estimate of drug-likeness (QED) is 0.397. The van der Waals surface area contributed by atoms with Gasteiger partial charge in [-0.25, -0.2) is 19.0 Å². The highest BCUT2D eigenvalue weighted by molar-refractivity contribution is 5.81. The Balaban J connectivity index is 1.80. The molecule has 4 aromatic heterocycles. The Morgan fingerprint density at radius 3 is 2.44 bits per heavy atom. The van der Waals surface area contributed by atoms with E-state index in [1.165, 1.54) is 10.7 Å². The van der Waals surface area contributed by atoms with E-state index in [1.54, 1.807) is 18.9 Å². The monoisotopic (exact) mass is 501 g/mol. The molecule has 0 fully saturated rings. The van der Waals surface area contributed by atoms with Crippen LogP contribution in [0.1, 0.15) is 55.1 Å². The molecule has 0 aliphatic carbocycles. The van der Waals surface area contributed by atoms with Crippen molar-refractivity contribution in [2.75, 3.05) is 11.9 Å². The van der Waals surface area contributed by atoms with E-state index in [-0.39, 0.29) is 22.7 Å². The van der Waals surface area contributed by atoms with Gasteiger partial charge in [0, 0.05) is 13.2 Å². The van der Waals surface area contributed by atoms with Gasteiger partial charge in [-0.2, -0.15) is 28.5 Å². The maximum absolute atomic E-state index is 13.3. The molecule has 0 spiro atoms. The summed E-state index contributed by atoms with van der Waals surface area (Å²) in [6.07, 6.45) is -0.975. The van der Waals surface area contributed by atoms with Gasteiger partial charge in [-0.15, -0.1) is 0 Å². The van der Waals surface area contributed by atoms with Crippen LogP contribution >= 0.6 is 0 Å². The van der Waals surface area contributed by atoms with Crippen LogP contribution in [0.5, 0.6) is 0 Å². The SMILES string of the molecule is CCC(c1ncc(F)cn1)N(C)c1nc2c(c(C#N)nn2C(C)c2ccc(C(F)(F)F)nc2)c(=O)[nH]1. The molecular weight excluding hydrogens is 482 g/mol. The first-order chi connectivity index (χ1) is 17.0. The molecule has 0 aromatic carbocycles. The summed E-state index contributed by atoms with van der Waals surface area (Å²) in [6, 6.07) is 2.76. The second kappa shape index (κ2) is 9.33. The predicted octanol–water partition coefficient (Wildman–Crippen LogP) is 3.53. The molecule has 0 amide bonds. The number of halogens is 4. The zero-order valence-electron chi connectivity index (χ0n) is 19.2. The van der Waals surface area contributed by atoms with Gasteiger partial charge in [-0.1, -0.05) is 13.0 Å². The molecule has 0 aliphatic rings. The van der Waals surface area contributed by atoms with Gasteiger partial charge in [0.05, 0.1) is 24.5 Å². The molecule has 10 nitrogen and oxygen atoms in total. The second-order valence-corrected chi connectivity index (χ2v) is 7.94. The van der Waals surface area contributed by atoms with Crippen LogP contribution in [0.4, 0.5) is 23.5 Å². The number of pyridine rings is 1. The summed E-state index contributed by atoms with van der Waals surface area (Å²) in [5.74, 6) is -0.181. The Labute approximate surface area is 201 Å². The Kier molecular flexibility index (Phi) is 6.40. The van der Waals surface area contributed by atoms with E-state index in [2.05, 4.69) is 30.0 Å². The summed E-state index contributed by atoms with van der Waals surface area (Å²) < 4.78 is 53.3. The van der Waals surface area contributed by atoms with Crippen LogP contribution in [-0.2, 0) is 6.18 Å². The van der Waals surface area contributed by atoms with Gasteiger partial charge >= 0.3 is 6.18 Å². The fourth-order valence-corrected chi connectivity index (χ4v) is 3.78. The van der Waals surface area contributed by atoms with Crippen molar-refractivity contribution in [2.24, 2.45) is 0 Å². The molecule has 0 radical (unpaired) electrons. The molecule has 186 valence electrons. The Hall–Kier alpha value is -4.41. The van der Waals surface area contributed by atoms with Crippen molar-refractivity contribution in [2.45, 2.75) is 38.5 Å². The predicted molar refractivity (Wildman–Crippen MR) is 119 cm³/mol. The van der Waals surface area contributed by atoms with Gasteiger partial charge in [0.1, 0.15) is 17.1 Å². The largest absolute Gasteiger partial charge is 0.433 e. The fourth-order valence-electron chi connectivity index (χ4n) is 3.78. The van der Waals surface area contributed by atoms with E-state index in [4.69, 9.17) is 0 Å². The van der Waals surface area contributed by atoms with E-state index in [0.29, 0.717) is 17.8 Å². The van der Waals surface area contributed by atoms with Crippen molar-refractivity contribution < 1.29 is 17.6 Å². The number of hydrogen-bond donors (Lipinski definition) is 1. The molecule has 0 aliphatic heterocycles. The highest BCUT2D eigenvalue weighted by atomic mass is 19.4. The first kappa shape index (κ1) is 24.7. The maximum Gasteiger partial charge on any atom is 0.433 e. The normalized spacial score (nSPS) is 13.4. The molecule has 0 saturated carbocycles. The summed E-state index contributed by atoms with van der Waals surface area (Å²) >= 11 is 0. The van der Waals surface area contributed by atoms with Crippen LogP contribution in [-0.4, -0.2) is 41.7 Å². The topological polar surface area (TPSA) is 129 Å². The van der Waals surface area contributed by atoms with Crippen LogP contribution in [0.25, 0.3) is 11.0 Å². The molecule has 4 heterocycles. The first-order valence-electron chi connectivity index (χ1n) is 10.7. The van der Waals surface area contributed by atoms with Gasteiger partial charge in [-0.05, 0) is 25.0 Å². The summed E-state index contributed by atoms with van der Waals surface area (Å²) in [7, 11) is 1.64. The lowest BCUT2D eigenvalue weighted by molar-refractivity contribution is -0.141. The molecule has 0 saturated heterocycles. The van der Waals surface area contributed by atoms with E-state index in [1.807, 2.05) is 13.0 Å². The Morgan fingerprint density at radius 2 is 1.89 bits per heavy atom. The molecule has 1 N–H and O–H groups in total. The highest BCUT2D eigenvalue weighted by Crippen LogP contribution is 2.30. The number of fused-ring (bicyclic) bond motifs is 1. The van der Waals surface area contributed by atoms with Gasteiger partial charge in [0.15, 0.2) is 23.0 Å². The molecular formula is C22H19F4N9O. The van der Waals surface area contributed by atoms with Gasteiger partial charge in [0.2, 0.25) is 5.95 Å². The van der Waals surface area contributed by atoms with E-state index < -0.39 is 35.3 Å². The molecule has 0 bridgehead atoms. The first-order valence-corrected chi connectivity index (χ1v) is 10.7. The fraction of sp³-hybridized carbons (Fsp3) is 0.318. The van der Waals surface area contributed by atoms with Crippen LogP contribution in [0.15, 0.2) is 35.5 Å². The van der Waals surface area contributed by atoms with Crippen LogP contribution < -0.4 is 10.5 Å². The number of nitriles is 1. The lowest BCUT2D eigenvalue weighted by Gasteiger charge is -2.26. The van der Waals surface area contributed by atoms with Crippen molar-refractivity contribution in [3.05, 3.63) is 69.7 Å². The zero-order valence-corrected chi connectivity index (χ0v) is 19.2. The number of nitrogens with one attached hydrogen (secondary N) is 1. The van der Waals surface area contributed by atoms with E-state index in [0.717, 1.165) is 24.7 Å². The number of aromatic nitrogens is 7. The molecule has 4 rings (SSSR count). The van der Waals surface area contributed by atoms with Crippen LogP contribution in [0.2, 0.25) is 0 Å². The average Bonchev–Trinajstić information content (AvgIpc) is 3.24. The van der Waals surface area contributed by atoms with Crippen molar-refractivity contribution in [3.63, 3.8) is 0 Å². The zero-order chi connectivity index (χ0) is 26.2. The van der Waals surface area contributed by atoms with E-state index in [9.17, 15) is 27.6 Å². The second-order valence-electron chi connectivity index (χ2n) is 7.94. The van der Waals surface area contributed by atoms with Crippen molar-refractivity contribution >= 4 is 17.0 Å². The number of anilines is 1. The molecule has 14 heteroatoms. The highest BCUT2D eigenvalue weighted by Gasteiger charge is 2.32. The minimum Gasteiger partial charge on any atom is -0.335 e. The van der Waals surface area contributed by atoms with Crippen molar-refractivity contribution in [1.82, 2.24) is 34.7 Å². The molecule has 2 atom stereocenters. The minimum atomic E-state index is -4.59. The number of H-pyrrole nitrogens is 1. The Bertz CT molecular complexity index is 1490. The van der Waals surface area contributed by atoms with Gasteiger partial charge in [0.25, 0.3) is 5.56 Å².